The van der Waals surface area contributed by atoms with Crippen molar-refractivity contribution in [3.63, 3.8) is 0 Å². The summed E-state index contributed by atoms with van der Waals surface area (Å²) in [6.45, 7) is 1.83. The van der Waals surface area contributed by atoms with Gasteiger partial charge in [-0.25, -0.2) is 12.8 Å². The Bertz CT molecular complexity index is 1130. The van der Waals surface area contributed by atoms with E-state index >= 15 is 0 Å². The lowest BCUT2D eigenvalue weighted by atomic mass is 9.91. The molecule has 2 aromatic carbocycles. The summed E-state index contributed by atoms with van der Waals surface area (Å²) in [4.78, 5) is 13.3. The van der Waals surface area contributed by atoms with Crippen molar-refractivity contribution in [2.24, 2.45) is 0 Å². The largest absolute Gasteiger partial charge is 0.324 e. The number of aryl methyl sites for hydroxylation is 1. The molecule has 0 saturated carbocycles. The van der Waals surface area contributed by atoms with Gasteiger partial charge in [-0.15, -0.1) is 11.3 Å². The van der Waals surface area contributed by atoms with Crippen molar-refractivity contribution in [1.82, 2.24) is 0 Å². The Hall–Kier alpha value is -2.51. The van der Waals surface area contributed by atoms with Gasteiger partial charge in [0.25, 0.3) is 0 Å². The molecule has 1 aliphatic rings. The van der Waals surface area contributed by atoms with Crippen molar-refractivity contribution < 1.29 is 17.6 Å². The highest BCUT2D eigenvalue weighted by Gasteiger charge is 2.34. The van der Waals surface area contributed by atoms with E-state index in [-0.39, 0.29) is 33.9 Å². The molecule has 0 aliphatic carbocycles. The molecule has 0 spiro atoms. The Morgan fingerprint density at radius 1 is 1.15 bits per heavy atom. The lowest BCUT2D eigenvalue weighted by Crippen LogP contribution is -2.23. The van der Waals surface area contributed by atoms with Crippen LogP contribution in [0.4, 0.5) is 10.1 Å². The maximum atomic E-state index is 13.3. The fourth-order valence-corrected chi connectivity index (χ4v) is 6.29. The molecule has 4 nitrogen and oxygen atoms in total. The summed E-state index contributed by atoms with van der Waals surface area (Å²) in [7, 11) is -3.76. The highest BCUT2D eigenvalue weighted by Crippen LogP contribution is 2.45. The second-order valence-electron chi connectivity index (χ2n) is 6.52. The minimum atomic E-state index is -3.76. The van der Waals surface area contributed by atoms with Gasteiger partial charge >= 0.3 is 0 Å². The van der Waals surface area contributed by atoms with Crippen molar-refractivity contribution in [1.29, 1.82) is 0 Å². The average Bonchev–Trinajstić information content (AvgIpc) is 3.06. The van der Waals surface area contributed by atoms with Crippen LogP contribution in [-0.4, -0.2) is 14.3 Å². The molecule has 0 bridgehead atoms. The molecule has 1 aromatic heterocycles. The molecule has 27 heavy (non-hydrogen) atoms. The Morgan fingerprint density at radius 2 is 1.89 bits per heavy atom. The molecule has 138 valence electrons. The van der Waals surface area contributed by atoms with Gasteiger partial charge in [-0.1, -0.05) is 24.3 Å². The number of anilines is 1. The fraction of sp³-hybridized carbons (Fsp3) is 0.150. The quantitative estimate of drug-likeness (QED) is 0.703. The molecule has 1 amide bonds. The van der Waals surface area contributed by atoms with E-state index in [4.69, 9.17) is 0 Å². The maximum Gasteiger partial charge on any atom is 0.225 e. The van der Waals surface area contributed by atoms with Gasteiger partial charge < -0.3 is 5.32 Å². The number of hydrogen-bond donors (Lipinski definition) is 1. The highest BCUT2D eigenvalue weighted by atomic mass is 32.2. The number of benzene rings is 2. The zero-order valence-corrected chi connectivity index (χ0v) is 16.0. The number of rotatable bonds is 3. The smallest absolute Gasteiger partial charge is 0.225 e. The first-order valence-electron chi connectivity index (χ1n) is 8.35. The van der Waals surface area contributed by atoms with E-state index in [0.29, 0.717) is 5.69 Å². The van der Waals surface area contributed by atoms with E-state index in [2.05, 4.69) is 5.32 Å². The van der Waals surface area contributed by atoms with E-state index in [1.54, 1.807) is 35.7 Å². The zero-order chi connectivity index (χ0) is 19.2. The molecule has 0 saturated heterocycles. The monoisotopic (exact) mass is 401 g/mol. The molecule has 4 rings (SSSR count). The molecular weight excluding hydrogens is 385 g/mol. The van der Waals surface area contributed by atoms with Crippen LogP contribution in [0.25, 0.3) is 0 Å². The minimum Gasteiger partial charge on any atom is -0.324 e. The van der Waals surface area contributed by atoms with Crippen LogP contribution in [0.1, 0.15) is 28.3 Å². The first kappa shape index (κ1) is 17.9. The van der Waals surface area contributed by atoms with Crippen molar-refractivity contribution in [3.8, 4) is 0 Å². The Balaban J connectivity index is 1.83. The number of carbonyl (C=O) groups is 1. The number of amides is 1. The van der Waals surface area contributed by atoms with Crippen LogP contribution < -0.4 is 5.32 Å². The van der Waals surface area contributed by atoms with Gasteiger partial charge in [0.05, 0.1) is 10.6 Å². The Labute approximate surface area is 160 Å². The summed E-state index contributed by atoms with van der Waals surface area (Å²) in [6.07, 6.45) is 0.197. The number of carbonyl (C=O) groups excluding carboxylic acids is 1. The minimum absolute atomic E-state index is 0.105. The molecule has 7 heteroatoms. The van der Waals surface area contributed by atoms with Crippen LogP contribution in [-0.2, 0) is 14.6 Å². The normalized spacial score (nSPS) is 16.7. The number of sulfone groups is 1. The third-order valence-corrected chi connectivity index (χ3v) is 7.64. The van der Waals surface area contributed by atoms with E-state index in [9.17, 15) is 17.6 Å². The molecule has 1 aliphatic heterocycles. The topological polar surface area (TPSA) is 63.2 Å². The summed E-state index contributed by atoms with van der Waals surface area (Å²) in [5, 5.41) is 4.30. The molecule has 3 aromatic rings. The average molecular weight is 401 g/mol. The van der Waals surface area contributed by atoms with Crippen molar-refractivity contribution in [2.75, 3.05) is 5.32 Å². The third-order valence-electron chi connectivity index (χ3n) is 4.62. The van der Waals surface area contributed by atoms with Crippen molar-refractivity contribution >= 4 is 32.8 Å². The fourth-order valence-electron chi connectivity index (χ4n) is 3.28. The van der Waals surface area contributed by atoms with Crippen LogP contribution >= 0.6 is 11.3 Å². The predicted octanol–water partition coefficient (Wildman–Crippen LogP) is 4.50. The Kier molecular flexibility index (Phi) is 4.36. The van der Waals surface area contributed by atoms with Gasteiger partial charge in [0, 0.05) is 22.6 Å². The molecule has 1 N–H and O–H groups in total. The van der Waals surface area contributed by atoms with Crippen LogP contribution in [0.2, 0.25) is 0 Å². The summed E-state index contributed by atoms with van der Waals surface area (Å²) in [5.74, 6) is -0.898. The standard InChI is InChI=1S/C20H16FNO3S2/c1-12-3-2-4-15(9-12)27(24,25)17-11-26-20-16(10-18(23)22-19(17)20)13-5-7-14(21)8-6-13/h2-9,11,16H,10H2,1H3,(H,22,23). The number of halogens is 1. The number of fused-ring (bicyclic) bond motifs is 1. The number of hydrogen-bond acceptors (Lipinski definition) is 4. The zero-order valence-electron chi connectivity index (χ0n) is 14.4. The van der Waals surface area contributed by atoms with Crippen LogP contribution in [0.5, 0.6) is 0 Å². The van der Waals surface area contributed by atoms with Gasteiger partial charge in [-0.2, -0.15) is 0 Å². The van der Waals surface area contributed by atoms with Crippen LogP contribution in [0, 0.1) is 12.7 Å². The molecule has 0 fully saturated rings. The lowest BCUT2D eigenvalue weighted by molar-refractivity contribution is -0.116. The van der Waals surface area contributed by atoms with Gasteiger partial charge in [0.15, 0.2) is 0 Å². The van der Waals surface area contributed by atoms with E-state index < -0.39 is 9.84 Å². The first-order chi connectivity index (χ1) is 12.9. The van der Waals surface area contributed by atoms with E-state index in [1.807, 2.05) is 13.0 Å². The third kappa shape index (κ3) is 3.17. The van der Waals surface area contributed by atoms with Crippen molar-refractivity contribution in [2.45, 2.75) is 29.1 Å². The molecule has 0 radical (unpaired) electrons. The van der Waals surface area contributed by atoms with Crippen LogP contribution in [0.15, 0.2) is 63.7 Å². The maximum absolute atomic E-state index is 13.3. The van der Waals surface area contributed by atoms with Crippen LogP contribution in [0.3, 0.4) is 0 Å². The SMILES string of the molecule is Cc1cccc(S(=O)(=O)c2csc3c2NC(=O)CC3c2ccc(F)cc2)c1. The summed E-state index contributed by atoms with van der Waals surface area (Å²) >= 11 is 1.30. The molecule has 2 heterocycles. The summed E-state index contributed by atoms with van der Waals surface area (Å²) in [5.41, 5.74) is 1.97. The Morgan fingerprint density at radius 3 is 2.59 bits per heavy atom. The molecular formula is C20H16FNO3S2. The number of nitrogens with one attached hydrogen (secondary N) is 1. The second-order valence-corrected chi connectivity index (χ2v) is 9.34. The molecule has 1 atom stereocenters. The predicted molar refractivity (Wildman–Crippen MR) is 102 cm³/mol. The van der Waals surface area contributed by atoms with E-state index in [0.717, 1.165) is 16.0 Å². The molecule has 1 unspecified atom stereocenters. The van der Waals surface area contributed by atoms with Gasteiger partial charge in [0.1, 0.15) is 10.7 Å². The lowest BCUT2D eigenvalue weighted by Gasteiger charge is -2.23. The van der Waals surface area contributed by atoms with E-state index in [1.165, 1.54) is 23.5 Å². The summed E-state index contributed by atoms with van der Waals surface area (Å²) in [6, 6.07) is 12.7. The first-order valence-corrected chi connectivity index (χ1v) is 10.7. The highest BCUT2D eigenvalue weighted by molar-refractivity contribution is 7.91. The van der Waals surface area contributed by atoms with Crippen molar-refractivity contribution in [3.05, 3.63) is 75.7 Å². The van der Waals surface area contributed by atoms with Gasteiger partial charge in [-0.05, 0) is 42.3 Å². The van der Waals surface area contributed by atoms with Gasteiger partial charge in [0.2, 0.25) is 15.7 Å². The van der Waals surface area contributed by atoms with Gasteiger partial charge in [-0.3, -0.25) is 4.79 Å². The number of thiophene rings is 1. The second kappa shape index (κ2) is 6.58. The summed E-state index contributed by atoms with van der Waals surface area (Å²) < 4.78 is 39.5.